The van der Waals surface area contributed by atoms with E-state index in [1.807, 2.05) is 0 Å². The molecule has 0 aliphatic carbocycles. The molecule has 0 amide bonds. The predicted molar refractivity (Wildman–Crippen MR) is 164 cm³/mol. The van der Waals surface area contributed by atoms with Gasteiger partial charge in [-0.1, -0.05) is 32.6 Å². The zero-order valence-corrected chi connectivity index (χ0v) is 32.1. The van der Waals surface area contributed by atoms with Gasteiger partial charge in [-0.3, -0.25) is 0 Å². The van der Waals surface area contributed by atoms with Crippen molar-refractivity contribution in [2.45, 2.75) is 67.5 Å². The highest BCUT2D eigenvalue weighted by molar-refractivity contribution is 8.13. The molecule has 0 aliphatic rings. The van der Waals surface area contributed by atoms with Crippen molar-refractivity contribution in [1.29, 1.82) is 0 Å². The van der Waals surface area contributed by atoms with Crippen LogP contribution in [0, 0.1) is 0 Å². The van der Waals surface area contributed by atoms with E-state index in [1.165, 1.54) is 45.1 Å². The highest BCUT2D eigenvalue weighted by Gasteiger charge is 2.48. The summed E-state index contributed by atoms with van der Waals surface area (Å²) in [7, 11) is -14.3. The molecule has 0 aliphatic heterocycles. The smallest absolute Gasteiger partial charge is 0.421 e. The number of ether oxygens (including phenoxy) is 1. The number of unbranched alkanes of at least 4 members (excludes halogenated alkanes) is 5. The summed E-state index contributed by atoms with van der Waals surface area (Å²) >= 11 is 0. The summed E-state index contributed by atoms with van der Waals surface area (Å²) < 4.78 is 225. The van der Waals surface area contributed by atoms with E-state index in [0.717, 1.165) is 36.9 Å². The van der Waals surface area contributed by atoms with Gasteiger partial charge in [-0.15, -0.1) is 0 Å². The Kier molecular flexibility index (Phi) is 24.7. The lowest BCUT2D eigenvalue weighted by molar-refractivity contribution is -0.890. The zero-order valence-electron chi connectivity index (χ0n) is 28.9. The molecule has 0 rings (SSSR count). The fourth-order valence-electron chi connectivity index (χ4n) is 2.50. The van der Waals surface area contributed by atoms with Crippen LogP contribution >= 0.6 is 0 Å². The molecule has 0 aromatic carbocycles. The SMILES string of the molecule is CCCCCCCC[N+](C)(C)CCO.COCC[N+](C)(C)C.O=S(=O)([N-]S(=O)(=O)C(F)(F)F)C(F)(F)F.O=S(=O)([N-]S(=O)(=O)C(F)(F)F)C(F)(F)F. The van der Waals surface area contributed by atoms with Crippen molar-refractivity contribution in [3.8, 4) is 0 Å². The van der Waals surface area contributed by atoms with Crippen LogP contribution in [0.4, 0.5) is 52.7 Å². The molecule has 0 atom stereocenters. The van der Waals surface area contributed by atoms with E-state index in [9.17, 15) is 86.4 Å². The van der Waals surface area contributed by atoms with E-state index in [0.29, 0.717) is 6.61 Å². The Morgan fingerprint density at radius 3 is 1.02 bits per heavy atom. The average molecular weight is 881 g/mol. The molecule has 0 radical (unpaired) electrons. The van der Waals surface area contributed by atoms with Crippen LogP contribution in [0.15, 0.2) is 0 Å². The molecule has 52 heavy (non-hydrogen) atoms. The summed E-state index contributed by atoms with van der Waals surface area (Å²) in [5, 5.41) is 8.86. The Hall–Kier alpha value is -1.28. The number of alkyl halides is 12. The number of halogens is 12. The van der Waals surface area contributed by atoms with Gasteiger partial charge in [0.25, 0.3) is 0 Å². The molecule has 30 heteroatoms. The molecule has 0 heterocycles. The Morgan fingerprint density at radius 2 is 0.808 bits per heavy atom. The van der Waals surface area contributed by atoms with E-state index < -0.39 is 62.1 Å². The number of aliphatic hydroxyl groups is 1. The van der Waals surface area contributed by atoms with Crippen LogP contribution in [0.2, 0.25) is 0 Å². The Bertz CT molecular complexity index is 1270. The highest BCUT2D eigenvalue weighted by atomic mass is 32.3. The van der Waals surface area contributed by atoms with Crippen molar-refractivity contribution in [3.63, 3.8) is 0 Å². The van der Waals surface area contributed by atoms with E-state index in [2.05, 4.69) is 42.2 Å². The normalized spacial score (nSPS) is 13.9. The van der Waals surface area contributed by atoms with Crippen LogP contribution in [0.5, 0.6) is 0 Å². The van der Waals surface area contributed by atoms with Gasteiger partial charge < -0.3 is 27.1 Å². The van der Waals surface area contributed by atoms with Crippen molar-refractivity contribution >= 4 is 40.1 Å². The minimum Gasteiger partial charge on any atom is -0.421 e. The summed E-state index contributed by atoms with van der Waals surface area (Å²) in [6, 6.07) is 0. The van der Waals surface area contributed by atoms with E-state index in [-0.39, 0.29) is 0 Å². The summed E-state index contributed by atoms with van der Waals surface area (Å²) in [5.41, 5.74) is -24.8. The van der Waals surface area contributed by atoms with Crippen molar-refractivity contribution < 1.29 is 105 Å². The topological polar surface area (TPSA) is 194 Å². The third kappa shape index (κ3) is 26.5. The number of likely N-dealkylation sites (N-methyl/N-ethyl adjacent to an activating group) is 2. The van der Waals surface area contributed by atoms with E-state index in [1.54, 1.807) is 7.11 Å². The van der Waals surface area contributed by atoms with Crippen LogP contribution in [-0.4, -0.2) is 145 Å². The molecule has 0 aromatic heterocycles. The second kappa shape index (κ2) is 22.3. The third-order valence-corrected chi connectivity index (χ3v) is 10.8. The molecule has 0 aromatic rings. The first kappa shape index (κ1) is 57.4. The molecule has 14 nitrogen and oxygen atoms in total. The quantitative estimate of drug-likeness (QED) is 0.127. The van der Waals surface area contributed by atoms with Gasteiger partial charge in [0.15, 0.2) is 40.1 Å². The molecule has 0 unspecified atom stereocenters. The number of hydrogen-bond donors (Lipinski definition) is 1. The minimum absolute atomic E-state index is 0.308. The van der Waals surface area contributed by atoms with E-state index >= 15 is 0 Å². The van der Waals surface area contributed by atoms with Crippen LogP contribution in [0.1, 0.15) is 45.4 Å². The Morgan fingerprint density at radius 1 is 0.519 bits per heavy atom. The maximum atomic E-state index is 11.4. The van der Waals surface area contributed by atoms with Gasteiger partial charge in [-0.25, -0.2) is 33.7 Å². The van der Waals surface area contributed by atoms with Gasteiger partial charge in [0.2, 0.25) is 0 Å². The maximum Gasteiger partial charge on any atom is 0.480 e. The first-order valence-corrected chi connectivity index (χ1v) is 19.8. The van der Waals surface area contributed by atoms with Crippen molar-refractivity contribution in [3.05, 3.63) is 8.25 Å². The zero-order chi connectivity index (χ0) is 42.9. The summed E-state index contributed by atoms with van der Waals surface area (Å²) in [5.74, 6) is 0. The number of nitrogens with zero attached hydrogens (tertiary/aromatic N) is 4. The van der Waals surface area contributed by atoms with Crippen LogP contribution in [0.25, 0.3) is 8.25 Å². The van der Waals surface area contributed by atoms with E-state index in [4.69, 9.17) is 9.84 Å². The summed E-state index contributed by atoms with van der Waals surface area (Å²) in [4.78, 5) is 0. The van der Waals surface area contributed by atoms with Gasteiger partial charge in [0.1, 0.15) is 13.1 Å². The lowest BCUT2D eigenvalue weighted by Gasteiger charge is -2.28. The minimum atomic E-state index is -6.72. The first-order valence-electron chi connectivity index (χ1n) is 14.1. The molecule has 320 valence electrons. The second-order valence-corrected chi connectivity index (χ2v) is 18.6. The molecule has 0 bridgehead atoms. The summed E-state index contributed by atoms with van der Waals surface area (Å²) in [6.07, 6.45) is 8.14. The van der Waals surface area contributed by atoms with Gasteiger partial charge >= 0.3 is 22.0 Å². The lowest BCUT2D eigenvalue weighted by Crippen LogP contribution is -2.42. The predicted octanol–water partition coefficient (Wildman–Crippen LogP) is 4.87. The first-order chi connectivity index (χ1) is 22.6. The maximum absolute atomic E-state index is 11.4. The van der Waals surface area contributed by atoms with Crippen molar-refractivity contribution in [2.24, 2.45) is 0 Å². The van der Waals surface area contributed by atoms with Gasteiger partial charge in [-0.05, 0) is 12.8 Å². The molecule has 0 fully saturated rings. The number of rotatable bonds is 16. The van der Waals surface area contributed by atoms with Crippen LogP contribution in [0.3, 0.4) is 0 Å². The van der Waals surface area contributed by atoms with Crippen LogP contribution in [-0.2, 0) is 44.8 Å². The van der Waals surface area contributed by atoms with Gasteiger partial charge in [-0.2, -0.15) is 52.7 Å². The fourth-order valence-corrected chi connectivity index (χ4v) is 5.91. The lowest BCUT2D eigenvalue weighted by atomic mass is 10.1. The highest BCUT2D eigenvalue weighted by Crippen LogP contribution is 2.37. The Labute approximate surface area is 295 Å². The monoisotopic (exact) mass is 880 g/mol. The number of methoxy groups -OCH3 is 1. The largest absolute Gasteiger partial charge is 0.480 e. The molecule has 0 spiro atoms. The van der Waals surface area contributed by atoms with Gasteiger partial charge in [0.05, 0.1) is 55.0 Å². The number of hydrogen-bond acceptors (Lipinski definition) is 10. The fraction of sp³-hybridized carbons (Fsp3) is 1.00. The standard InChI is InChI=1S/C12H28NO.C6H16NO.2C2F6NO4S2/c1-4-5-6-7-8-9-10-13(2,3)11-12-14;1-7(2,3)5-6-8-4;2*3-1(4,5)14(10,11)9-15(12,13)2(6,7)8/h14H,4-12H2,1-3H3;5-6H2,1-4H3;;/q2*+1;2*-1. The molecular weight excluding hydrogens is 837 g/mol. The second-order valence-electron chi connectivity index (χ2n) is 11.7. The third-order valence-electron chi connectivity index (χ3n) is 5.35. The number of sulfonamides is 4. The number of quaternary nitrogens is 2. The average Bonchev–Trinajstić information content (AvgIpc) is 2.86. The molecule has 0 saturated carbocycles. The molecule has 0 saturated heterocycles. The number of aliphatic hydroxyl groups excluding tert-OH is 1. The molecule has 1 N–H and O–H groups in total. The van der Waals surface area contributed by atoms with Crippen molar-refractivity contribution in [2.75, 3.05) is 75.2 Å². The van der Waals surface area contributed by atoms with Crippen molar-refractivity contribution in [1.82, 2.24) is 0 Å². The summed E-state index contributed by atoms with van der Waals surface area (Å²) in [6.45, 7) is 6.58. The van der Waals surface area contributed by atoms with Crippen LogP contribution < -0.4 is 0 Å². The Balaban J connectivity index is -0.000000302. The van der Waals surface area contributed by atoms with Gasteiger partial charge in [0, 0.05) is 7.11 Å². The molecular formula is C22H44F12N4O10S4.